The summed E-state index contributed by atoms with van der Waals surface area (Å²) >= 11 is 1.15. The molecule has 1 aromatic carbocycles. The minimum absolute atomic E-state index is 0.183. The lowest BCUT2D eigenvalue weighted by Crippen LogP contribution is -2.44. The molecule has 0 saturated carbocycles. The van der Waals surface area contributed by atoms with Crippen molar-refractivity contribution in [2.75, 3.05) is 0 Å². The van der Waals surface area contributed by atoms with Gasteiger partial charge in [-0.25, -0.2) is 9.18 Å². The van der Waals surface area contributed by atoms with Crippen LogP contribution in [-0.2, 0) is 4.79 Å². The molecule has 1 amide bonds. The van der Waals surface area contributed by atoms with Crippen molar-refractivity contribution in [3.63, 3.8) is 0 Å². The van der Waals surface area contributed by atoms with Gasteiger partial charge in [0, 0.05) is 10.1 Å². The van der Waals surface area contributed by atoms with Crippen LogP contribution in [0, 0.1) is 11.7 Å². The highest BCUT2D eigenvalue weighted by molar-refractivity contribution is 7.20. The Labute approximate surface area is 125 Å². The summed E-state index contributed by atoms with van der Waals surface area (Å²) in [4.78, 5) is 23.7. The number of hydrogen-bond donors (Lipinski definition) is 2. The highest BCUT2D eigenvalue weighted by Gasteiger charge is 2.26. The molecule has 0 fully saturated rings. The number of nitrogens with one attached hydrogen (secondary N) is 1. The van der Waals surface area contributed by atoms with E-state index in [0.29, 0.717) is 21.4 Å². The molecule has 0 saturated heterocycles. The maximum atomic E-state index is 13.6. The van der Waals surface area contributed by atoms with E-state index in [4.69, 9.17) is 0 Å². The van der Waals surface area contributed by atoms with Crippen LogP contribution in [-0.4, -0.2) is 23.0 Å². The third kappa shape index (κ3) is 3.21. The zero-order valence-electron chi connectivity index (χ0n) is 11.7. The molecular formula is C15H16FNO3S. The van der Waals surface area contributed by atoms with E-state index in [-0.39, 0.29) is 11.7 Å². The Hall–Kier alpha value is -1.95. The summed E-state index contributed by atoms with van der Waals surface area (Å²) in [6.07, 6.45) is 0.637. The first-order valence-electron chi connectivity index (χ1n) is 6.65. The second-order valence-corrected chi connectivity index (χ2v) is 6.02. The Morgan fingerprint density at radius 2 is 2.14 bits per heavy atom. The van der Waals surface area contributed by atoms with Crippen molar-refractivity contribution < 1.29 is 19.1 Å². The average molecular weight is 309 g/mol. The maximum Gasteiger partial charge on any atom is 0.326 e. The third-order valence-electron chi connectivity index (χ3n) is 3.50. The normalized spacial score (nSPS) is 13.9. The molecule has 21 heavy (non-hydrogen) atoms. The summed E-state index contributed by atoms with van der Waals surface area (Å²) in [5.74, 6) is -2.12. The average Bonchev–Trinajstić information content (AvgIpc) is 2.89. The van der Waals surface area contributed by atoms with Gasteiger partial charge in [-0.15, -0.1) is 11.3 Å². The molecule has 0 spiro atoms. The van der Waals surface area contributed by atoms with E-state index in [1.807, 2.05) is 6.92 Å². The lowest BCUT2D eigenvalue weighted by molar-refractivity contribution is -0.140. The van der Waals surface area contributed by atoms with Crippen LogP contribution in [0.25, 0.3) is 10.1 Å². The topological polar surface area (TPSA) is 66.4 Å². The van der Waals surface area contributed by atoms with Gasteiger partial charge in [0.15, 0.2) is 0 Å². The number of halogens is 1. The van der Waals surface area contributed by atoms with Crippen LogP contribution < -0.4 is 5.32 Å². The van der Waals surface area contributed by atoms with Crippen molar-refractivity contribution in [3.8, 4) is 0 Å². The summed E-state index contributed by atoms with van der Waals surface area (Å²) in [5, 5.41) is 12.1. The number of carboxylic acids is 1. The fourth-order valence-electron chi connectivity index (χ4n) is 2.03. The standard InChI is InChI=1S/C15H16FNO3S/c1-3-8(2)13(15(19)20)17-14(18)12-7-9-10(16)5-4-6-11(9)21-12/h4-8,13H,3H2,1-2H3,(H,17,18)(H,19,20). The summed E-state index contributed by atoms with van der Waals surface area (Å²) < 4.78 is 14.3. The number of carbonyl (C=O) groups is 2. The van der Waals surface area contributed by atoms with Gasteiger partial charge in [0.05, 0.1) is 4.88 Å². The molecule has 1 heterocycles. The van der Waals surface area contributed by atoms with E-state index < -0.39 is 17.9 Å². The monoisotopic (exact) mass is 309 g/mol. The Bertz CT molecular complexity index is 683. The summed E-state index contributed by atoms with van der Waals surface area (Å²) in [7, 11) is 0. The van der Waals surface area contributed by atoms with Gasteiger partial charge in [-0.2, -0.15) is 0 Å². The molecule has 0 bridgehead atoms. The smallest absolute Gasteiger partial charge is 0.326 e. The molecule has 112 valence electrons. The van der Waals surface area contributed by atoms with E-state index in [1.165, 1.54) is 12.1 Å². The number of carbonyl (C=O) groups excluding carboxylic acids is 1. The molecule has 6 heteroatoms. The quantitative estimate of drug-likeness (QED) is 0.891. The van der Waals surface area contributed by atoms with E-state index >= 15 is 0 Å². The fourth-order valence-corrected chi connectivity index (χ4v) is 3.01. The van der Waals surface area contributed by atoms with Gasteiger partial charge in [-0.1, -0.05) is 26.3 Å². The molecule has 1 aromatic heterocycles. The number of benzene rings is 1. The van der Waals surface area contributed by atoms with Crippen LogP contribution >= 0.6 is 11.3 Å². The molecule has 2 atom stereocenters. The Morgan fingerprint density at radius 3 is 2.71 bits per heavy atom. The minimum Gasteiger partial charge on any atom is -0.480 e. The van der Waals surface area contributed by atoms with Crippen molar-refractivity contribution in [2.24, 2.45) is 5.92 Å². The molecule has 0 aliphatic rings. The number of fused-ring (bicyclic) bond motifs is 1. The summed E-state index contributed by atoms with van der Waals surface area (Å²) in [6, 6.07) is 5.14. The Morgan fingerprint density at radius 1 is 1.43 bits per heavy atom. The van der Waals surface area contributed by atoms with E-state index in [1.54, 1.807) is 19.1 Å². The second kappa shape index (κ2) is 6.22. The highest BCUT2D eigenvalue weighted by atomic mass is 32.1. The zero-order valence-corrected chi connectivity index (χ0v) is 12.5. The van der Waals surface area contributed by atoms with Gasteiger partial charge >= 0.3 is 5.97 Å². The molecule has 0 aliphatic carbocycles. The molecular weight excluding hydrogens is 293 g/mol. The predicted molar refractivity (Wildman–Crippen MR) is 80.1 cm³/mol. The zero-order chi connectivity index (χ0) is 15.6. The van der Waals surface area contributed by atoms with Crippen molar-refractivity contribution in [3.05, 3.63) is 35.0 Å². The van der Waals surface area contributed by atoms with Crippen LogP contribution in [0.15, 0.2) is 24.3 Å². The molecule has 2 rings (SSSR count). The van der Waals surface area contributed by atoms with Crippen molar-refractivity contribution >= 4 is 33.3 Å². The van der Waals surface area contributed by atoms with Gasteiger partial charge in [0.25, 0.3) is 5.91 Å². The van der Waals surface area contributed by atoms with Crippen LogP contribution in [0.3, 0.4) is 0 Å². The minimum atomic E-state index is -1.06. The van der Waals surface area contributed by atoms with E-state index in [0.717, 1.165) is 11.3 Å². The number of carboxylic acid groups (broad SMARTS) is 1. The van der Waals surface area contributed by atoms with Crippen LogP contribution in [0.1, 0.15) is 29.9 Å². The number of amides is 1. The van der Waals surface area contributed by atoms with Crippen LogP contribution in [0.2, 0.25) is 0 Å². The van der Waals surface area contributed by atoms with Crippen molar-refractivity contribution in [2.45, 2.75) is 26.3 Å². The van der Waals surface area contributed by atoms with Crippen LogP contribution in [0.5, 0.6) is 0 Å². The first-order valence-corrected chi connectivity index (χ1v) is 7.47. The number of hydrogen-bond acceptors (Lipinski definition) is 3. The van der Waals surface area contributed by atoms with Crippen molar-refractivity contribution in [1.29, 1.82) is 0 Å². The summed E-state index contributed by atoms with van der Waals surface area (Å²) in [6.45, 7) is 3.63. The van der Waals surface area contributed by atoms with E-state index in [9.17, 15) is 19.1 Å². The highest BCUT2D eigenvalue weighted by Crippen LogP contribution is 2.27. The van der Waals surface area contributed by atoms with Gasteiger partial charge < -0.3 is 10.4 Å². The SMILES string of the molecule is CCC(C)C(NC(=O)c1cc2c(F)cccc2s1)C(=O)O. The van der Waals surface area contributed by atoms with Gasteiger partial charge in [0.1, 0.15) is 11.9 Å². The lowest BCUT2D eigenvalue weighted by atomic mass is 9.99. The Kier molecular flexibility index (Phi) is 4.57. The van der Waals surface area contributed by atoms with Crippen LogP contribution in [0.4, 0.5) is 4.39 Å². The number of thiophene rings is 1. The third-order valence-corrected chi connectivity index (χ3v) is 4.60. The van der Waals surface area contributed by atoms with Gasteiger partial charge in [-0.05, 0) is 24.1 Å². The largest absolute Gasteiger partial charge is 0.480 e. The first-order chi connectivity index (χ1) is 9.93. The van der Waals surface area contributed by atoms with E-state index in [2.05, 4.69) is 5.32 Å². The maximum absolute atomic E-state index is 13.6. The lowest BCUT2D eigenvalue weighted by Gasteiger charge is -2.19. The molecule has 0 aliphatic heterocycles. The van der Waals surface area contributed by atoms with Gasteiger partial charge in [0.2, 0.25) is 0 Å². The molecule has 2 unspecified atom stereocenters. The fraction of sp³-hybridized carbons (Fsp3) is 0.333. The number of rotatable bonds is 5. The molecule has 4 nitrogen and oxygen atoms in total. The number of aliphatic carboxylic acids is 1. The first kappa shape index (κ1) is 15.4. The Balaban J connectivity index is 2.25. The summed E-state index contributed by atoms with van der Waals surface area (Å²) in [5.41, 5.74) is 0. The van der Waals surface area contributed by atoms with Crippen molar-refractivity contribution in [1.82, 2.24) is 5.32 Å². The molecule has 0 radical (unpaired) electrons. The second-order valence-electron chi connectivity index (χ2n) is 4.94. The molecule has 2 aromatic rings. The van der Waals surface area contributed by atoms with Gasteiger partial charge in [-0.3, -0.25) is 4.79 Å². The predicted octanol–water partition coefficient (Wildman–Crippen LogP) is 3.27. The molecule has 2 N–H and O–H groups in total.